The molecule has 0 aromatic carbocycles. The van der Waals surface area contributed by atoms with E-state index < -0.39 is 0 Å². The van der Waals surface area contributed by atoms with E-state index in [9.17, 15) is 4.79 Å². The summed E-state index contributed by atoms with van der Waals surface area (Å²) in [5.74, 6) is 2.22. The second kappa shape index (κ2) is 6.76. The van der Waals surface area contributed by atoms with Crippen LogP contribution in [0.4, 0.5) is 10.7 Å². The predicted octanol–water partition coefficient (Wildman–Crippen LogP) is 2.36. The summed E-state index contributed by atoms with van der Waals surface area (Å²) in [5.41, 5.74) is 6.79. The summed E-state index contributed by atoms with van der Waals surface area (Å²) in [6, 6.07) is 0. The van der Waals surface area contributed by atoms with Crippen LogP contribution >= 0.6 is 34.9 Å². The second-order valence-electron chi connectivity index (χ2n) is 4.14. The molecule has 0 atom stereocenters. The van der Waals surface area contributed by atoms with Gasteiger partial charge in [0.1, 0.15) is 9.88 Å². The third kappa shape index (κ3) is 3.14. The smallest absolute Gasteiger partial charge is 0.263 e. The third-order valence-corrected chi connectivity index (χ3v) is 6.09. The fourth-order valence-corrected chi connectivity index (χ4v) is 5.05. The lowest BCUT2D eigenvalue weighted by Gasteiger charge is -2.27. The van der Waals surface area contributed by atoms with Crippen molar-refractivity contribution in [2.24, 2.45) is 0 Å². The molecule has 2 heterocycles. The molecule has 7 heteroatoms. The van der Waals surface area contributed by atoms with Crippen molar-refractivity contribution < 1.29 is 4.79 Å². The number of carbonyl (C=O) groups is 1. The van der Waals surface area contributed by atoms with Gasteiger partial charge < -0.3 is 16.0 Å². The van der Waals surface area contributed by atoms with E-state index in [0.717, 1.165) is 34.5 Å². The van der Waals surface area contributed by atoms with Crippen molar-refractivity contribution in [3.05, 3.63) is 4.88 Å². The largest absolute Gasteiger partial charge is 0.396 e. The van der Waals surface area contributed by atoms with E-state index >= 15 is 0 Å². The van der Waals surface area contributed by atoms with Gasteiger partial charge >= 0.3 is 0 Å². The van der Waals surface area contributed by atoms with Gasteiger partial charge in [0.25, 0.3) is 5.91 Å². The fourth-order valence-electron chi connectivity index (χ4n) is 2.00. The van der Waals surface area contributed by atoms with Gasteiger partial charge in [0.2, 0.25) is 0 Å². The average molecular weight is 318 g/mol. The predicted molar refractivity (Wildman–Crippen MR) is 88.1 cm³/mol. The fraction of sp³-hybridized carbons (Fsp3) is 0.583. The minimum atomic E-state index is -0.0575. The molecule has 0 radical (unpaired) electrons. The van der Waals surface area contributed by atoms with Crippen molar-refractivity contribution >= 4 is 51.5 Å². The number of nitrogens with zero attached hydrogens (tertiary/aromatic N) is 1. The summed E-state index contributed by atoms with van der Waals surface area (Å²) in [5, 5.41) is 3.99. The molecular weight excluding hydrogens is 298 g/mol. The molecule has 1 aliphatic rings. The Hall–Kier alpha value is -0.530. The molecule has 0 saturated carbocycles. The molecule has 1 fully saturated rings. The van der Waals surface area contributed by atoms with Gasteiger partial charge in [-0.15, -0.1) is 23.1 Å². The van der Waals surface area contributed by atoms with E-state index in [2.05, 4.69) is 10.2 Å². The molecule has 0 spiro atoms. The molecule has 19 heavy (non-hydrogen) atoms. The Kier molecular flexibility index (Phi) is 5.29. The van der Waals surface area contributed by atoms with E-state index in [1.165, 1.54) is 11.3 Å². The number of thiophene rings is 1. The van der Waals surface area contributed by atoms with Crippen LogP contribution in [-0.4, -0.2) is 43.3 Å². The number of thioether (sulfide) groups is 2. The molecule has 3 N–H and O–H groups in total. The number of nitrogens with two attached hydrogens (primary N) is 1. The van der Waals surface area contributed by atoms with Crippen molar-refractivity contribution in [2.75, 3.05) is 48.0 Å². The van der Waals surface area contributed by atoms with Gasteiger partial charge in [-0.05, 0) is 13.2 Å². The van der Waals surface area contributed by atoms with Gasteiger partial charge in [-0.2, -0.15) is 11.8 Å². The Morgan fingerprint density at radius 2 is 2.16 bits per heavy atom. The number of hydrogen-bond acceptors (Lipinski definition) is 6. The highest BCUT2D eigenvalue weighted by Gasteiger charge is 2.24. The topological polar surface area (TPSA) is 58.4 Å². The number of carbonyl (C=O) groups excluding carboxylic acids is 1. The molecule has 1 saturated heterocycles. The van der Waals surface area contributed by atoms with Crippen LogP contribution in [0.2, 0.25) is 0 Å². The number of amides is 1. The lowest BCUT2D eigenvalue weighted by atomic mass is 10.3. The molecule has 1 amide bonds. The van der Waals surface area contributed by atoms with E-state index in [1.54, 1.807) is 11.8 Å². The third-order valence-electron chi connectivity index (χ3n) is 2.93. The molecule has 4 nitrogen and oxygen atoms in total. The van der Waals surface area contributed by atoms with Crippen LogP contribution in [0.25, 0.3) is 0 Å². The van der Waals surface area contributed by atoms with Crippen LogP contribution in [0.15, 0.2) is 4.90 Å². The van der Waals surface area contributed by atoms with Gasteiger partial charge in [0, 0.05) is 31.1 Å². The van der Waals surface area contributed by atoms with Gasteiger partial charge in [0.15, 0.2) is 0 Å². The van der Waals surface area contributed by atoms with Crippen molar-refractivity contribution in [1.82, 2.24) is 5.32 Å². The monoisotopic (exact) mass is 317 g/mol. The highest BCUT2D eigenvalue weighted by atomic mass is 32.2. The van der Waals surface area contributed by atoms with Crippen LogP contribution in [0.5, 0.6) is 0 Å². The molecule has 0 bridgehead atoms. The SMILES string of the molecule is CCNC(=O)c1sc(N2CCSCC2)c(SC)c1N. The maximum Gasteiger partial charge on any atom is 0.263 e. The molecule has 1 aromatic heterocycles. The van der Waals surface area contributed by atoms with Crippen molar-refractivity contribution in [3.8, 4) is 0 Å². The van der Waals surface area contributed by atoms with Gasteiger partial charge in [-0.3, -0.25) is 4.79 Å². The second-order valence-corrected chi connectivity index (χ2v) is 7.18. The average Bonchev–Trinajstić information content (AvgIpc) is 2.77. The van der Waals surface area contributed by atoms with Crippen LogP contribution in [0.1, 0.15) is 16.6 Å². The molecule has 0 unspecified atom stereocenters. The quantitative estimate of drug-likeness (QED) is 0.835. The molecule has 2 rings (SSSR count). The van der Waals surface area contributed by atoms with Crippen LogP contribution in [-0.2, 0) is 0 Å². The minimum Gasteiger partial charge on any atom is -0.396 e. The van der Waals surface area contributed by atoms with E-state index in [-0.39, 0.29) is 5.91 Å². The van der Waals surface area contributed by atoms with Crippen molar-refractivity contribution in [3.63, 3.8) is 0 Å². The number of nitrogen functional groups attached to an aromatic ring is 1. The Labute approximate surface area is 126 Å². The number of anilines is 2. The van der Waals surface area contributed by atoms with E-state index in [4.69, 9.17) is 5.73 Å². The first kappa shape index (κ1) is 14.9. The number of hydrogen-bond donors (Lipinski definition) is 2. The van der Waals surface area contributed by atoms with Crippen molar-refractivity contribution in [1.29, 1.82) is 0 Å². The number of nitrogens with one attached hydrogen (secondary N) is 1. The van der Waals surface area contributed by atoms with Crippen LogP contribution in [0, 0.1) is 0 Å². The molecule has 1 aromatic rings. The standard InChI is InChI=1S/C12H19N3OS3/c1-3-14-11(16)9-8(13)10(17-2)12(19-9)15-4-6-18-7-5-15/h3-7,13H2,1-2H3,(H,14,16). The highest BCUT2D eigenvalue weighted by Crippen LogP contribution is 2.44. The summed E-state index contributed by atoms with van der Waals surface area (Å²) in [7, 11) is 0. The lowest BCUT2D eigenvalue weighted by Crippen LogP contribution is -2.32. The van der Waals surface area contributed by atoms with Gasteiger partial charge in [-0.1, -0.05) is 0 Å². The Balaban J connectivity index is 2.32. The summed E-state index contributed by atoms with van der Waals surface area (Å²) in [6.07, 6.45) is 2.02. The first-order valence-electron chi connectivity index (χ1n) is 6.26. The number of rotatable bonds is 4. The molecular formula is C12H19N3OS3. The van der Waals surface area contributed by atoms with E-state index in [1.807, 2.05) is 24.9 Å². The summed E-state index contributed by atoms with van der Waals surface area (Å²) < 4.78 is 0. The highest BCUT2D eigenvalue weighted by molar-refractivity contribution is 7.99. The van der Waals surface area contributed by atoms with Gasteiger partial charge in [-0.25, -0.2) is 0 Å². The summed E-state index contributed by atoms with van der Waals surface area (Å²) >= 11 is 5.13. The maximum atomic E-state index is 12.0. The van der Waals surface area contributed by atoms with Crippen LogP contribution < -0.4 is 16.0 Å². The first-order chi connectivity index (χ1) is 9.19. The molecule has 1 aliphatic heterocycles. The van der Waals surface area contributed by atoms with Gasteiger partial charge in [0.05, 0.1) is 10.6 Å². The molecule has 0 aliphatic carbocycles. The molecule has 106 valence electrons. The first-order valence-corrected chi connectivity index (χ1v) is 9.45. The zero-order chi connectivity index (χ0) is 13.8. The Bertz CT molecular complexity index is 455. The zero-order valence-electron chi connectivity index (χ0n) is 11.2. The maximum absolute atomic E-state index is 12.0. The normalized spacial score (nSPS) is 15.6. The van der Waals surface area contributed by atoms with Crippen LogP contribution in [0.3, 0.4) is 0 Å². The van der Waals surface area contributed by atoms with Crippen molar-refractivity contribution in [2.45, 2.75) is 11.8 Å². The lowest BCUT2D eigenvalue weighted by molar-refractivity contribution is 0.0960. The zero-order valence-corrected chi connectivity index (χ0v) is 13.6. The minimum absolute atomic E-state index is 0.0575. The van der Waals surface area contributed by atoms with E-state index in [0.29, 0.717) is 17.1 Å². The Morgan fingerprint density at radius 1 is 1.47 bits per heavy atom. The summed E-state index contributed by atoms with van der Waals surface area (Å²) in [6.45, 7) is 4.61. The Morgan fingerprint density at radius 3 is 2.74 bits per heavy atom. The summed E-state index contributed by atoms with van der Waals surface area (Å²) in [4.78, 5) is 16.1.